The zero-order valence-electron chi connectivity index (χ0n) is 18.2. The maximum Gasteiger partial charge on any atom is 0.356 e. The largest absolute Gasteiger partial charge is 0.382 e. The Balaban J connectivity index is 1.61. The van der Waals surface area contributed by atoms with Gasteiger partial charge in [-0.3, -0.25) is 4.57 Å². The molecule has 0 radical (unpaired) electrons. The topological polar surface area (TPSA) is 150 Å². The average molecular weight is 464 g/mol. The number of nitrogen functional groups attached to an aromatic ring is 2. The molecule has 1 aromatic carbocycles. The Morgan fingerprint density at radius 2 is 1.91 bits per heavy atom. The molecule has 12 heteroatoms. The number of aromatic nitrogens is 4. The fourth-order valence-electron chi connectivity index (χ4n) is 2.90. The Kier molecular flexibility index (Phi) is 8.54. The smallest absolute Gasteiger partial charge is 0.356 e. The Bertz CT molecular complexity index is 1050. The molecule has 0 saturated heterocycles. The first-order valence-electron chi connectivity index (χ1n) is 10.3. The summed E-state index contributed by atoms with van der Waals surface area (Å²) in [6.45, 7) is 5.23. The van der Waals surface area contributed by atoms with E-state index in [1.54, 1.807) is 10.9 Å². The Morgan fingerprint density at radius 3 is 2.66 bits per heavy atom. The predicted molar refractivity (Wildman–Crippen MR) is 121 cm³/mol. The number of hydrogen-bond donors (Lipinski definition) is 2. The summed E-state index contributed by atoms with van der Waals surface area (Å²) in [7, 11) is -3.53. The van der Waals surface area contributed by atoms with Crippen LogP contribution in [-0.4, -0.2) is 51.8 Å². The highest BCUT2D eigenvalue weighted by Crippen LogP contribution is 2.49. The van der Waals surface area contributed by atoms with Crippen LogP contribution in [0, 0.1) is 0 Å². The molecular weight excluding hydrogens is 435 g/mol. The van der Waals surface area contributed by atoms with Crippen LogP contribution in [0.15, 0.2) is 36.7 Å². The molecule has 0 aliphatic rings. The number of fused-ring (bicyclic) bond motifs is 1. The van der Waals surface area contributed by atoms with Gasteiger partial charge in [-0.25, -0.2) is 4.98 Å². The molecule has 0 aliphatic heterocycles. The lowest BCUT2D eigenvalue weighted by molar-refractivity contribution is 0.0551. The highest BCUT2D eigenvalue weighted by Gasteiger charge is 2.27. The van der Waals surface area contributed by atoms with E-state index in [2.05, 4.69) is 15.0 Å². The van der Waals surface area contributed by atoms with Crippen LogP contribution in [0.3, 0.4) is 0 Å². The maximum atomic E-state index is 13.3. The lowest BCUT2D eigenvalue weighted by atomic mass is 10.2. The van der Waals surface area contributed by atoms with Crippen molar-refractivity contribution in [1.82, 2.24) is 19.5 Å². The van der Waals surface area contributed by atoms with Crippen molar-refractivity contribution in [3.8, 4) is 0 Å². The fourth-order valence-corrected chi connectivity index (χ4v) is 4.26. The summed E-state index contributed by atoms with van der Waals surface area (Å²) in [5.74, 6) is 0.271. The molecule has 0 bridgehead atoms. The normalized spacial score (nSPS) is 14.4. The monoisotopic (exact) mass is 464 g/mol. The molecule has 2 atom stereocenters. The second-order valence-electron chi connectivity index (χ2n) is 7.04. The van der Waals surface area contributed by atoms with Crippen LogP contribution in [0.2, 0.25) is 0 Å². The molecule has 11 nitrogen and oxygen atoms in total. The lowest BCUT2D eigenvalue weighted by Crippen LogP contribution is -2.19. The molecule has 3 rings (SSSR count). The third-order valence-electron chi connectivity index (χ3n) is 4.47. The minimum atomic E-state index is -3.53. The predicted octanol–water partition coefficient (Wildman–Crippen LogP) is 2.82. The second-order valence-corrected chi connectivity index (χ2v) is 9.04. The SMILES string of the molecule is CCOCCOP(=O)(CO[C@H](C)Cn1cnc2c(N)nc(N)nc21)OCc1ccccc1. The van der Waals surface area contributed by atoms with Gasteiger partial charge in [-0.05, 0) is 19.4 Å². The summed E-state index contributed by atoms with van der Waals surface area (Å²) in [5.41, 5.74) is 13.4. The molecule has 2 aromatic heterocycles. The summed E-state index contributed by atoms with van der Waals surface area (Å²) in [5, 5.41) is 0. The second kappa shape index (κ2) is 11.3. The average Bonchev–Trinajstić information content (AvgIpc) is 3.18. The third-order valence-corrected chi connectivity index (χ3v) is 6.03. The summed E-state index contributed by atoms with van der Waals surface area (Å²) in [4.78, 5) is 12.3. The van der Waals surface area contributed by atoms with Gasteiger partial charge in [0.25, 0.3) is 0 Å². The summed E-state index contributed by atoms with van der Waals surface area (Å²) in [6.07, 6.45) is 1.02. The van der Waals surface area contributed by atoms with Gasteiger partial charge in [0, 0.05) is 6.61 Å². The van der Waals surface area contributed by atoms with Crippen LogP contribution in [0.5, 0.6) is 0 Å². The minimum Gasteiger partial charge on any atom is -0.382 e. The van der Waals surface area contributed by atoms with Crippen molar-refractivity contribution < 1.29 is 23.1 Å². The van der Waals surface area contributed by atoms with Crippen molar-refractivity contribution in [2.75, 3.05) is 37.6 Å². The minimum absolute atomic E-state index is 0.0619. The van der Waals surface area contributed by atoms with Gasteiger partial charge in [-0.2, -0.15) is 9.97 Å². The van der Waals surface area contributed by atoms with Crippen molar-refractivity contribution in [3.63, 3.8) is 0 Å². The molecule has 0 saturated carbocycles. The summed E-state index contributed by atoms with van der Waals surface area (Å²) >= 11 is 0. The van der Waals surface area contributed by atoms with E-state index in [-0.39, 0.29) is 37.4 Å². The van der Waals surface area contributed by atoms with Crippen LogP contribution < -0.4 is 11.5 Å². The summed E-state index contributed by atoms with van der Waals surface area (Å²) < 4.78 is 37.3. The maximum absolute atomic E-state index is 13.3. The highest BCUT2D eigenvalue weighted by atomic mass is 31.2. The van der Waals surface area contributed by atoms with Gasteiger partial charge in [0.05, 0.1) is 38.8 Å². The van der Waals surface area contributed by atoms with E-state index in [4.69, 9.17) is 30.0 Å². The summed E-state index contributed by atoms with van der Waals surface area (Å²) in [6, 6.07) is 9.45. The van der Waals surface area contributed by atoms with Crippen molar-refractivity contribution in [1.29, 1.82) is 0 Å². The van der Waals surface area contributed by atoms with Crippen LogP contribution >= 0.6 is 7.60 Å². The Labute approximate surface area is 186 Å². The zero-order valence-corrected chi connectivity index (χ0v) is 19.1. The molecule has 0 aliphatic carbocycles. The molecule has 0 fully saturated rings. The van der Waals surface area contributed by atoms with Crippen molar-refractivity contribution >= 4 is 30.5 Å². The van der Waals surface area contributed by atoms with Crippen molar-refractivity contribution in [2.24, 2.45) is 0 Å². The van der Waals surface area contributed by atoms with Gasteiger partial charge in [-0.15, -0.1) is 0 Å². The van der Waals surface area contributed by atoms with E-state index in [1.165, 1.54) is 0 Å². The van der Waals surface area contributed by atoms with E-state index in [9.17, 15) is 4.57 Å². The van der Waals surface area contributed by atoms with Crippen LogP contribution in [-0.2, 0) is 36.2 Å². The molecule has 174 valence electrons. The molecule has 2 heterocycles. The number of rotatable bonds is 13. The van der Waals surface area contributed by atoms with E-state index in [0.717, 1.165) is 5.56 Å². The molecule has 32 heavy (non-hydrogen) atoms. The molecule has 4 N–H and O–H groups in total. The molecule has 0 spiro atoms. The van der Waals surface area contributed by atoms with Crippen LogP contribution in [0.4, 0.5) is 11.8 Å². The lowest BCUT2D eigenvalue weighted by Gasteiger charge is -2.21. The van der Waals surface area contributed by atoms with E-state index < -0.39 is 7.60 Å². The number of nitrogens with zero attached hydrogens (tertiary/aromatic N) is 4. The van der Waals surface area contributed by atoms with Gasteiger partial charge in [0.1, 0.15) is 11.9 Å². The van der Waals surface area contributed by atoms with E-state index >= 15 is 0 Å². The first-order chi connectivity index (χ1) is 15.4. The van der Waals surface area contributed by atoms with Gasteiger partial charge in [-0.1, -0.05) is 30.3 Å². The number of imidazole rings is 1. The van der Waals surface area contributed by atoms with Gasteiger partial charge >= 0.3 is 7.60 Å². The molecule has 1 unspecified atom stereocenters. The fraction of sp³-hybridized carbons (Fsp3) is 0.450. The number of ether oxygens (including phenoxy) is 2. The number of nitrogens with two attached hydrogens (primary N) is 2. The third kappa shape index (κ3) is 6.72. The first kappa shape index (κ1) is 24.1. The Morgan fingerprint density at radius 1 is 1.12 bits per heavy atom. The number of hydrogen-bond acceptors (Lipinski definition) is 10. The van der Waals surface area contributed by atoms with E-state index in [0.29, 0.717) is 30.9 Å². The number of anilines is 2. The van der Waals surface area contributed by atoms with Crippen molar-refractivity contribution in [2.45, 2.75) is 33.1 Å². The number of benzene rings is 1. The van der Waals surface area contributed by atoms with Crippen LogP contribution in [0.25, 0.3) is 11.2 Å². The van der Waals surface area contributed by atoms with Crippen LogP contribution in [0.1, 0.15) is 19.4 Å². The van der Waals surface area contributed by atoms with Crippen molar-refractivity contribution in [3.05, 3.63) is 42.2 Å². The van der Waals surface area contributed by atoms with E-state index in [1.807, 2.05) is 44.2 Å². The first-order valence-corrected chi connectivity index (χ1v) is 12.0. The standard InChI is InChI=1S/C20H29N6O5P/c1-3-28-9-10-30-32(27,31-12-16-7-5-4-6-8-16)14-29-15(2)11-26-13-23-17-18(21)24-20(22)25-19(17)26/h4-8,13,15H,3,9-12,14H2,1-2H3,(H4,21,22,24,25)/t15-,32?/m1/s1. The highest BCUT2D eigenvalue weighted by molar-refractivity contribution is 7.53. The molecular formula is C20H29N6O5P. The Hall–Kier alpha value is -2.56. The molecule has 0 amide bonds. The van der Waals surface area contributed by atoms with Gasteiger partial charge in [0.2, 0.25) is 5.95 Å². The zero-order chi connectivity index (χ0) is 23.0. The van der Waals surface area contributed by atoms with Gasteiger partial charge in [0.15, 0.2) is 11.5 Å². The van der Waals surface area contributed by atoms with Gasteiger partial charge < -0.3 is 34.6 Å². The quantitative estimate of drug-likeness (QED) is 0.285. The molecule has 3 aromatic rings.